The molecule has 2 saturated heterocycles. The first kappa shape index (κ1) is 20.5. The van der Waals surface area contributed by atoms with Gasteiger partial charge in [0, 0.05) is 13.0 Å². The molecule has 0 aromatic carbocycles. The minimum atomic E-state index is -0.838. The molecule has 2 heterocycles. The van der Waals surface area contributed by atoms with E-state index >= 15 is 0 Å². The molecule has 0 unspecified atom stereocenters. The van der Waals surface area contributed by atoms with Crippen molar-refractivity contribution in [3.8, 4) is 0 Å². The van der Waals surface area contributed by atoms with E-state index in [2.05, 4.69) is 13.0 Å². The third-order valence-corrected chi connectivity index (χ3v) is 6.34. The van der Waals surface area contributed by atoms with Crippen LogP contribution in [0, 0.1) is 11.8 Å². The van der Waals surface area contributed by atoms with Gasteiger partial charge in [-0.2, -0.15) is 0 Å². The molecule has 6 nitrogen and oxygen atoms in total. The number of hydrogen-bond acceptors (Lipinski definition) is 6. The Morgan fingerprint density at radius 2 is 2.07 bits per heavy atom. The number of methoxy groups -OCH3 is 1. The molecule has 0 radical (unpaired) electrons. The Bertz CT molecular complexity index is 612. The quantitative estimate of drug-likeness (QED) is 0.443. The van der Waals surface area contributed by atoms with Crippen LogP contribution >= 0.6 is 0 Å². The van der Waals surface area contributed by atoms with Gasteiger partial charge in [0.25, 0.3) is 0 Å². The summed E-state index contributed by atoms with van der Waals surface area (Å²) in [5.41, 5.74) is 1.58. The number of epoxide rings is 1. The first-order valence-corrected chi connectivity index (χ1v) is 9.90. The molecule has 2 aliphatic heterocycles. The lowest BCUT2D eigenvalue weighted by Gasteiger charge is -2.25. The van der Waals surface area contributed by atoms with Crippen LogP contribution in [0.1, 0.15) is 46.0 Å². The zero-order valence-corrected chi connectivity index (χ0v) is 16.5. The van der Waals surface area contributed by atoms with Crippen molar-refractivity contribution < 1.29 is 29.2 Å². The second kappa shape index (κ2) is 8.43. The van der Waals surface area contributed by atoms with Crippen molar-refractivity contribution in [3.63, 3.8) is 0 Å². The molecule has 0 aromatic rings. The van der Waals surface area contributed by atoms with Crippen molar-refractivity contribution >= 4 is 5.97 Å². The molecule has 152 valence electrons. The van der Waals surface area contributed by atoms with E-state index in [0.29, 0.717) is 6.42 Å². The summed E-state index contributed by atoms with van der Waals surface area (Å²) in [6.45, 7) is 4.21. The van der Waals surface area contributed by atoms with E-state index in [9.17, 15) is 15.0 Å². The molecule has 3 rings (SSSR count). The van der Waals surface area contributed by atoms with E-state index in [1.165, 1.54) is 5.57 Å². The van der Waals surface area contributed by atoms with E-state index in [1.54, 1.807) is 7.11 Å². The molecule has 1 aliphatic carbocycles. The van der Waals surface area contributed by atoms with Crippen LogP contribution in [-0.4, -0.2) is 60.4 Å². The number of ether oxygens (including phenoxy) is 3. The van der Waals surface area contributed by atoms with E-state index in [-0.39, 0.29) is 31.2 Å². The molecule has 0 bridgehead atoms. The van der Waals surface area contributed by atoms with Gasteiger partial charge in [-0.05, 0) is 51.5 Å². The maximum atomic E-state index is 12.4. The van der Waals surface area contributed by atoms with Gasteiger partial charge in [-0.25, -0.2) is 0 Å². The fourth-order valence-electron chi connectivity index (χ4n) is 4.45. The van der Waals surface area contributed by atoms with Crippen LogP contribution in [0.4, 0.5) is 0 Å². The van der Waals surface area contributed by atoms with Gasteiger partial charge in [0.05, 0.1) is 25.2 Å². The number of fused-ring (bicyclic) bond motifs is 2. The molecule has 0 spiro atoms. The Balaban J connectivity index is 1.87. The number of allylic oxidation sites excluding steroid dienone is 3. The molecular formula is C21H32O6. The Morgan fingerprint density at radius 1 is 1.30 bits per heavy atom. The summed E-state index contributed by atoms with van der Waals surface area (Å²) in [5.74, 6) is -0.941. The van der Waals surface area contributed by atoms with Crippen molar-refractivity contribution in [2.24, 2.45) is 11.8 Å². The number of esters is 1. The van der Waals surface area contributed by atoms with Gasteiger partial charge < -0.3 is 24.4 Å². The molecular weight excluding hydrogens is 348 g/mol. The summed E-state index contributed by atoms with van der Waals surface area (Å²) in [4.78, 5) is 12.4. The summed E-state index contributed by atoms with van der Waals surface area (Å²) in [6, 6.07) is 0. The van der Waals surface area contributed by atoms with Crippen molar-refractivity contribution in [1.82, 2.24) is 0 Å². The van der Waals surface area contributed by atoms with Crippen molar-refractivity contribution in [3.05, 3.63) is 23.3 Å². The zero-order chi connectivity index (χ0) is 19.6. The van der Waals surface area contributed by atoms with Crippen molar-refractivity contribution in [2.45, 2.75) is 69.9 Å². The number of aliphatic hydroxyl groups excluding tert-OH is 2. The van der Waals surface area contributed by atoms with Crippen molar-refractivity contribution in [2.75, 3.05) is 20.3 Å². The molecule has 0 amide bonds. The molecule has 27 heavy (non-hydrogen) atoms. The second-order valence-corrected chi connectivity index (χ2v) is 8.21. The lowest BCUT2D eigenvalue weighted by molar-refractivity contribution is -0.148. The summed E-state index contributed by atoms with van der Waals surface area (Å²) >= 11 is 0. The van der Waals surface area contributed by atoms with Crippen LogP contribution in [0.5, 0.6) is 0 Å². The minimum Gasteiger partial charge on any atom is -0.459 e. The fraction of sp³-hybridized carbons (Fsp3) is 0.762. The standard InChI is InChI=1S/C21H32O6/c1-13-6-4-8-14(2)18(23)19-15(16(11-25-3)20(24)26-19)10-17-21(12-22,27-17)9-5-7-13/h7-8,15-19,22-23H,4-6,9-12H2,1-3H3/t15-,16+,17-,18-,19-,21+/m0/s1. The number of carbonyl (C=O) groups excluding carboxylic acids is 1. The molecule has 0 saturated carbocycles. The minimum absolute atomic E-state index is 0.0346. The molecule has 6 heteroatoms. The maximum Gasteiger partial charge on any atom is 0.312 e. The van der Waals surface area contributed by atoms with Crippen molar-refractivity contribution in [1.29, 1.82) is 0 Å². The van der Waals surface area contributed by atoms with E-state index in [1.807, 2.05) is 13.0 Å². The highest BCUT2D eigenvalue weighted by molar-refractivity contribution is 5.75. The lowest BCUT2D eigenvalue weighted by Crippen LogP contribution is -2.36. The first-order valence-electron chi connectivity index (χ1n) is 9.90. The van der Waals surface area contributed by atoms with Crippen LogP contribution in [0.15, 0.2) is 23.3 Å². The summed E-state index contributed by atoms with van der Waals surface area (Å²) in [7, 11) is 1.56. The van der Waals surface area contributed by atoms with Crippen LogP contribution in [0.2, 0.25) is 0 Å². The number of hydrogen-bond donors (Lipinski definition) is 2. The van der Waals surface area contributed by atoms with Crippen LogP contribution in [-0.2, 0) is 19.0 Å². The normalized spacial score (nSPS) is 40.2. The fourth-order valence-corrected chi connectivity index (χ4v) is 4.45. The Labute approximate surface area is 161 Å². The van der Waals surface area contributed by atoms with Crippen LogP contribution < -0.4 is 0 Å². The SMILES string of the molecule is COC[C@H]1C(=O)O[C@H]2[C@H]1C[C@@H]1O[C@@]1(CO)CCC=C(C)CCC=C(C)[C@@H]2O. The molecule has 0 aromatic heterocycles. The van der Waals surface area contributed by atoms with Gasteiger partial charge in [-0.3, -0.25) is 4.79 Å². The Kier molecular flexibility index (Phi) is 6.41. The first-order chi connectivity index (χ1) is 12.9. The predicted molar refractivity (Wildman–Crippen MR) is 100 cm³/mol. The highest BCUT2D eigenvalue weighted by Crippen LogP contribution is 2.48. The third-order valence-electron chi connectivity index (χ3n) is 6.34. The molecule has 6 atom stereocenters. The average molecular weight is 380 g/mol. The van der Waals surface area contributed by atoms with Crippen LogP contribution in [0.3, 0.4) is 0 Å². The predicted octanol–water partition coefficient (Wildman–Crippen LogP) is 2.14. The van der Waals surface area contributed by atoms with Gasteiger partial charge >= 0.3 is 5.97 Å². The topological polar surface area (TPSA) is 88.5 Å². The highest BCUT2D eigenvalue weighted by Gasteiger charge is 2.59. The second-order valence-electron chi connectivity index (χ2n) is 8.21. The van der Waals surface area contributed by atoms with E-state index < -0.39 is 23.7 Å². The van der Waals surface area contributed by atoms with Gasteiger partial charge in [0.15, 0.2) is 0 Å². The average Bonchev–Trinajstić information content (AvgIpc) is 3.24. The summed E-state index contributed by atoms with van der Waals surface area (Å²) < 4.78 is 16.7. The van der Waals surface area contributed by atoms with Gasteiger partial charge in [0.1, 0.15) is 17.8 Å². The van der Waals surface area contributed by atoms with Gasteiger partial charge in [-0.15, -0.1) is 0 Å². The number of aliphatic hydroxyl groups is 2. The number of carbonyl (C=O) groups is 1. The Morgan fingerprint density at radius 3 is 2.78 bits per heavy atom. The lowest BCUT2D eigenvalue weighted by atomic mass is 9.80. The van der Waals surface area contributed by atoms with E-state index in [4.69, 9.17) is 14.2 Å². The Hall–Kier alpha value is -1.21. The molecule has 3 aliphatic rings. The summed E-state index contributed by atoms with van der Waals surface area (Å²) in [6.07, 6.45) is 6.61. The molecule has 2 fully saturated rings. The van der Waals surface area contributed by atoms with Gasteiger partial charge in [-0.1, -0.05) is 17.7 Å². The highest BCUT2D eigenvalue weighted by atomic mass is 16.6. The maximum absolute atomic E-state index is 12.4. The smallest absolute Gasteiger partial charge is 0.312 e. The zero-order valence-electron chi connectivity index (χ0n) is 16.5. The summed E-state index contributed by atoms with van der Waals surface area (Å²) in [5, 5.41) is 20.7. The largest absolute Gasteiger partial charge is 0.459 e. The monoisotopic (exact) mass is 380 g/mol. The third kappa shape index (κ3) is 4.29. The van der Waals surface area contributed by atoms with Crippen LogP contribution in [0.25, 0.3) is 0 Å². The number of rotatable bonds is 3. The van der Waals surface area contributed by atoms with Gasteiger partial charge in [0.2, 0.25) is 0 Å². The molecule has 2 N–H and O–H groups in total. The van der Waals surface area contributed by atoms with E-state index in [0.717, 1.165) is 31.3 Å².